The van der Waals surface area contributed by atoms with Gasteiger partial charge in [0, 0.05) is 12.4 Å². The highest BCUT2D eigenvalue weighted by Crippen LogP contribution is 2.21. The molecular weight excluding hydrogens is 390 g/mol. The number of hydrogen-bond donors (Lipinski definition) is 3. The van der Waals surface area contributed by atoms with Crippen LogP contribution in [0, 0.1) is 11.8 Å². The number of nitrogens with one attached hydrogen (secondary N) is 2. The van der Waals surface area contributed by atoms with Crippen LogP contribution in [0.2, 0.25) is 0 Å². The zero-order chi connectivity index (χ0) is 22.5. The highest BCUT2D eigenvalue weighted by atomic mass is 16.2. The third-order valence-corrected chi connectivity index (χ3v) is 6.09. The molecule has 0 radical (unpaired) electrons. The van der Waals surface area contributed by atoms with Crippen molar-refractivity contribution in [1.29, 1.82) is 0 Å². The smallest absolute Gasteiger partial charge is 0.247 e. The SMILES string of the molecule is CCc1ccc2ncc(NC(=O)[C@@H](CC(C)C)N(C)C(=O)[C@H]3C[C@H](CN)CN3)cc2c1. The average molecular weight is 426 g/mol. The van der Waals surface area contributed by atoms with Gasteiger partial charge in [-0.05, 0) is 68.0 Å². The fraction of sp³-hybridized carbons (Fsp3) is 0.542. The maximum atomic E-state index is 13.2. The Labute approximate surface area is 184 Å². The van der Waals surface area contributed by atoms with Crippen molar-refractivity contribution in [3.63, 3.8) is 0 Å². The molecule has 168 valence electrons. The van der Waals surface area contributed by atoms with Crippen molar-refractivity contribution < 1.29 is 9.59 Å². The van der Waals surface area contributed by atoms with Crippen molar-refractivity contribution in [2.24, 2.45) is 17.6 Å². The molecule has 3 atom stereocenters. The second-order valence-electron chi connectivity index (χ2n) is 8.99. The Hall–Kier alpha value is -2.51. The number of carbonyl (C=O) groups excluding carboxylic acids is 2. The lowest BCUT2D eigenvalue weighted by Crippen LogP contribution is -2.51. The van der Waals surface area contributed by atoms with Gasteiger partial charge < -0.3 is 21.3 Å². The zero-order valence-corrected chi connectivity index (χ0v) is 19.0. The van der Waals surface area contributed by atoms with Gasteiger partial charge >= 0.3 is 0 Å². The molecule has 2 heterocycles. The molecule has 1 aromatic carbocycles. The number of nitrogens with zero attached hydrogens (tertiary/aromatic N) is 2. The topological polar surface area (TPSA) is 100 Å². The molecule has 1 fully saturated rings. The van der Waals surface area contributed by atoms with Gasteiger partial charge in [-0.3, -0.25) is 14.6 Å². The number of fused-ring (bicyclic) bond motifs is 1. The van der Waals surface area contributed by atoms with Gasteiger partial charge in [0.2, 0.25) is 11.8 Å². The Bertz CT molecular complexity index is 929. The van der Waals surface area contributed by atoms with Crippen LogP contribution < -0.4 is 16.4 Å². The second kappa shape index (κ2) is 10.2. The molecular formula is C24H35N5O2. The number of pyridine rings is 1. The monoisotopic (exact) mass is 425 g/mol. The summed E-state index contributed by atoms with van der Waals surface area (Å²) >= 11 is 0. The fourth-order valence-corrected chi connectivity index (χ4v) is 4.16. The highest BCUT2D eigenvalue weighted by Gasteiger charge is 2.35. The molecule has 3 rings (SSSR count). The normalized spacial score (nSPS) is 19.5. The first-order chi connectivity index (χ1) is 14.8. The van der Waals surface area contributed by atoms with Crippen LogP contribution in [0.5, 0.6) is 0 Å². The predicted molar refractivity (Wildman–Crippen MR) is 125 cm³/mol. The van der Waals surface area contributed by atoms with E-state index in [1.165, 1.54) is 5.56 Å². The quantitative estimate of drug-likeness (QED) is 0.603. The number of carbonyl (C=O) groups is 2. The highest BCUT2D eigenvalue weighted by molar-refractivity contribution is 5.99. The number of aromatic nitrogens is 1. The van der Waals surface area contributed by atoms with Gasteiger partial charge in [0.1, 0.15) is 6.04 Å². The van der Waals surface area contributed by atoms with Gasteiger partial charge in [0.25, 0.3) is 0 Å². The molecule has 1 saturated heterocycles. The minimum Gasteiger partial charge on any atom is -0.332 e. The van der Waals surface area contributed by atoms with E-state index in [-0.39, 0.29) is 23.8 Å². The van der Waals surface area contributed by atoms with Gasteiger partial charge in [0.05, 0.1) is 23.4 Å². The first-order valence-electron chi connectivity index (χ1n) is 11.2. The van der Waals surface area contributed by atoms with E-state index < -0.39 is 6.04 Å². The second-order valence-corrected chi connectivity index (χ2v) is 8.99. The van der Waals surface area contributed by atoms with E-state index in [9.17, 15) is 9.59 Å². The molecule has 1 aromatic heterocycles. The maximum absolute atomic E-state index is 13.2. The summed E-state index contributed by atoms with van der Waals surface area (Å²) in [5, 5.41) is 7.23. The van der Waals surface area contributed by atoms with E-state index in [2.05, 4.69) is 48.5 Å². The molecule has 0 spiro atoms. The van der Waals surface area contributed by atoms with Crippen LogP contribution in [0.4, 0.5) is 5.69 Å². The van der Waals surface area contributed by atoms with Crippen molar-refractivity contribution >= 4 is 28.4 Å². The number of amides is 2. The minimum atomic E-state index is -0.552. The van der Waals surface area contributed by atoms with Crippen LogP contribution in [0.3, 0.4) is 0 Å². The molecule has 7 nitrogen and oxygen atoms in total. The maximum Gasteiger partial charge on any atom is 0.247 e. The van der Waals surface area contributed by atoms with E-state index in [0.717, 1.165) is 23.9 Å². The van der Waals surface area contributed by atoms with Crippen LogP contribution in [0.1, 0.15) is 39.2 Å². The number of nitrogens with two attached hydrogens (primary N) is 1. The summed E-state index contributed by atoms with van der Waals surface area (Å²) in [6.07, 6.45) is 3.91. The summed E-state index contributed by atoms with van der Waals surface area (Å²) in [6, 6.07) is 7.27. The molecule has 2 amide bonds. The van der Waals surface area contributed by atoms with E-state index in [1.54, 1.807) is 18.1 Å². The van der Waals surface area contributed by atoms with Crippen LogP contribution in [-0.2, 0) is 16.0 Å². The minimum absolute atomic E-state index is 0.0547. The van der Waals surface area contributed by atoms with Gasteiger partial charge in [-0.25, -0.2) is 0 Å². The van der Waals surface area contributed by atoms with E-state index in [4.69, 9.17) is 5.73 Å². The number of hydrogen-bond acceptors (Lipinski definition) is 5. The number of benzene rings is 1. The molecule has 0 saturated carbocycles. The van der Waals surface area contributed by atoms with Crippen molar-refractivity contribution in [1.82, 2.24) is 15.2 Å². The number of rotatable bonds is 8. The van der Waals surface area contributed by atoms with Crippen LogP contribution in [0.25, 0.3) is 10.9 Å². The zero-order valence-electron chi connectivity index (χ0n) is 19.0. The predicted octanol–water partition coefficient (Wildman–Crippen LogP) is 2.55. The lowest BCUT2D eigenvalue weighted by Gasteiger charge is -2.30. The molecule has 1 aliphatic heterocycles. The lowest BCUT2D eigenvalue weighted by molar-refractivity contribution is -0.139. The standard InChI is InChI=1S/C24H35N5O2/c1-5-16-6-7-20-18(9-16)11-19(14-27-20)28-23(30)22(8-15(2)3)29(4)24(31)21-10-17(12-25)13-26-21/h6-7,9,11,14-15,17,21-22,26H,5,8,10,12-13,25H2,1-4H3,(H,28,30)/t17-,21-,22-/m1/s1. The Morgan fingerprint density at radius 3 is 2.74 bits per heavy atom. The van der Waals surface area contributed by atoms with Crippen LogP contribution in [-0.4, -0.2) is 53.9 Å². The molecule has 4 N–H and O–H groups in total. The van der Waals surface area contributed by atoms with Gasteiger partial charge in [-0.2, -0.15) is 0 Å². The van der Waals surface area contributed by atoms with Crippen molar-refractivity contribution in [3.8, 4) is 0 Å². The molecule has 2 aromatic rings. The van der Waals surface area contributed by atoms with E-state index in [0.29, 0.717) is 31.0 Å². The molecule has 0 unspecified atom stereocenters. The van der Waals surface area contributed by atoms with Gasteiger partial charge in [-0.1, -0.05) is 26.8 Å². The third-order valence-electron chi connectivity index (χ3n) is 6.09. The average Bonchev–Trinajstić information content (AvgIpc) is 3.25. The summed E-state index contributed by atoms with van der Waals surface area (Å²) in [5.41, 5.74) is 8.51. The molecule has 1 aliphatic rings. The molecule has 0 bridgehead atoms. The Balaban J connectivity index is 1.76. The first kappa shape index (κ1) is 23.2. The first-order valence-corrected chi connectivity index (χ1v) is 11.2. The Morgan fingerprint density at radius 1 is 1.32 bits per heavy atom. The van der Waals surface area contributed by atoms with E-state index in [1.807, 2.05) is 12.1 Å². The number of aryl methyl sites for hydroxylation is 1. The Kier molecular flexibility index (Phi) is 7.62. The van der Waals surface area contributed by atoms with Crippen molar-refractivity contribution in [3.05, 3.63) is 36.0 Å². The summed E-state index contributed by atoms with van der Waals surface area (Å²) in [4.78, 5) is 32.3. The largest absolute Gasteiger partial charge is 0.332 e. The van der Waals surface area contributed by atoms with Gasteiger partial charge in [-0.15, -0.1) is 0 Å². The summed E-state index contributed by atoms with van der Waals surface area (Å²) < 4.78 is 0. The molecule has 7 heteroatoms. The van der Waals surface area contributed by atoms with Crippen LogP contribution >= 0.6 is 0 Å². The van der Waals surface area contributed by atoms with Crippen molar-refractivity contribution in [2.75, 3.05) is 25.5 Å². The number of anilines is 1. The van der Waals surface area contributed by atoms with Gasteiger partial charge in [0.15, 0.2) is 0 Å². The van der Waals surface area contributed by atoms with Crippen molar-refractivity contribution in [2.45, 2.75) is 52.1 Å². The number of likely N-dealkylation sites (N-methyl/N-ethyl adjacent to an activating group) is 1. The summed E-state index contributed by atoms with van der Waals surface area (Å²) in [5.74, 6) is 0.323. The summed E-state index contributed by atoms with van der Waals surface area (Å²) in [7, 11) is 1.72. The van der Waals surface area contributed by atoms with Crippen LogP contribution in [0.15, 0.2) is 30.5 Å². The van der Waals surface area contributed by atoms with E-state index >= 15 is 0 Å². The molecule has 31 heavy (non-hydrogen) atoms. The third kappa shape index (κ3) is 5.60. The molecule has 0 aliphatic carbocycles. The lowest BCUT2D eigenvalue weighted by atomic mass is 10.00. The Morgan fingerprint density at radius 2 is 2.10 bits per heavy atom. The summed E-state index contributed by atoms with van der Waals surface area (Å²) in [6.45, 7) is 7.52. The fourth-order valence-electron chi connectivity index (χ4n) is 4.16.